The van der Waals surface area contributed by atoms with Crippen LogP contribution < -0.4 is 0 Å². The fourth-order valence-electron chi connectivity index (χ4n) is 2.40. The summed E-state index contributed by atoms with van der Waals surface area (Å²) in [7, 11) is 0. The summed E-state index contributed by atoms with van der Waals surface area (Å²) in [5.74, 6) is 0.543. The minimum absolute atomic E-state index is 0.102. The highest BCUT2D eigenvalue weighted by Crippen LogP contribution is 2.30. The fourth-order valence-corrected chi connectivity index (χ4v) is 3.85. The zero-order valence-corrected chi connectivity index (χ0v) is 17.2. The van der Waals surface area contributed by atoms with Crippen molar-refractivity contribution in [2.24, 2.45) is 0 Å². The Hall–Kier alpha value is -1.71. The highest BCUT2D eigenvalue weighted by Gasteiger charge is 2.16. The van der Waals surface area contributed by atoms with Crippen LogP contribution >= 0.6 is 46.6 Å². The van der Waals surface area contributed by atoms with Crippen LogP contribution in [-0.4, -0.2) is 5.78 Å². The third-order valence-corrected chi connectivity index (χ3v) is 5.74. The first kappa shape index (κ1) is 20.0. The lowest BCUT2D eigenvalue weighted by molar-refractivity contribution is 0.104. The molecule has 136 valence electrons. The highest BCUT2D eigenvalue weighted by molar-refractivity contribution is 8.03. The maximum Gasteiger partial charge on any atom is 0.200 e. The van der Waals surface area contributed by atoms with Crippen molar-refractivity contribution < 1.29 is 4.79 Å². The smallest absolute Gasteiger partial charge is 0.200 e. The zero-order chi connectivity index (χ0) is 19.2. The SMILES string of the molecule is O=C(C(=Cc1ccc(Cl)cc1)SCc1ccc(Cl)cc1)c1ccccc1Cl. The summed E-state index contributed by atoms with van der Waals surface area (Å²) < 4.78 is 0. The van der Waals surface area contributed by atoms with Crippen LogP contribution in [0.25, 0.3) is 6.08 Å². The molecule has 5 heteroatoms. The van der Waals surface area contributed by atoms with Crippen molar-refractivity contribution >= 4 is 58.4 Å². The van der Waals surface area contributed by atoms with Gasteiger partial charge in [-0.25, -0.2) is 0 Å². The molecule has 0 aliphatic rings. The van der Waals surface area contributed by atoms with E-state index in [0.717, 1.165) is 11.1 Å². The largest absolute Gasteiger partial charge is 0.288 e. The molecule has 0 amide bonds. The van der Waals surface area contributed by atoms with Gasteiger partial charge in [-0.15, -0.1) is 11.8 Å². The summed E-state index contributed by atoms with van der Waals surface area (Å²) in [5, 5.41) is 1.78. The molecule has 1 nitrogen and oxygen atoms in total. The first-order chi connectivity index (χ1) is 13.0. The van der Waals surface area contributed by atoms with Crippen LogP contribution in [0.4, 0.5) is 0 Å². The van der Waals surface area contributed by atoms with Gasteiger partial charge in [-0.05, 0) is 53.6 Å². The molecule has 0 heterocycles. The number of thioether (sulfide) groups is 1. The van der Waals surface area contributed by atoms with E-state index in [9.17, 15) is 4.79 Å². The molecule has 0 spiro atoms. The average molecular weight is 434 g/mol. The number of benzene rings is 3. The molecular weight excluding hydrogens is 419 g/mol. The number of Topliss-reactive ketones (excluding diaryl/α,β-unsaturated/α-hetero) is 1. The third kappa shape index (κ3) is 5.63. The standard InChI is InChI=1S/C22H15Cl3OS/c23-17-9-5-15(6-10-17)13-21(22(26)19-3-1-2-4-20(19)25)27-14-16-7-11-18(24)12-8-16/h1-13H,14H2. The van der Waals surface area contributed by atoms with Gasteiger partial charge in [-0.1, -0.05) is 71.2 Å². The number of halogens is 3. The lowest BCUT2D eigenvalue weighted by Crippen LogP contribution is -2.02. The molecule has 0 N–H and O–H groups in total. The Bertz CT molecular complexity index is 964. The molecule has 0 radical (unpaired) electrons. The van der Waals surface area contributed by atoms with E-state index in [1.54, 1.807) is 24.3 Å². The molecule has 0 aromatic heterocycles. The summed E-state index contributed by atoms with van der Waals surface area (Å²) in [6.07, 6.45) is 1.86. The molecule has 0 unspecified atom stereocenters. The Morgan fingerprint density at radius 2 is 1.41 bits per heavy atom. The van der Waals surface area contributed by atoms with E-state index in [1.165, 1.54) is 11.8 Å². The van der Waals surface area contributed by atoms with Gasteiger partial charge >= 0.3 is 0 Å². The molecule has 0 aliphatic heterocycles. The summed E-state index contributed by atoms with van der Waals surface area (Å²) in [6, 6.07) is 22.0. The Morgan fingerprint density at radius 3 is 2.04 bits per heavy atom. The molecule has 27 heavy (non-hydrogen) atoms. The highest BCUT2D eigenvalue weighted by atomic mass is 35.5. The molecule has 3 aromatic carbocycles. The summed E-state index contributed by atoms with van der Waals surface area (Å²) in [5.41, 5.74) is 2.47. The van der Waals surface area contributed by atoms with Crippen molar-refractivity contribution in [3.63, 3.8) is 0 Å². The van der Waals surface area contributed by atoms with E-state index >= 15 is 0 Å². The monoisotopic (exact) mass is 432 g/mol. The zero-order valence-electron chi connectivity index (χ0n) is 14.2. The Kier molecular flexibility index (Phi) is 7.03. The molecule has 0 saturated carbocycles. The number of hydrogen-bond acceptors (Lipinski definition) is 2. The van der Waals surface area contributed by atoms with Gasteiger partial charge < -0.3 is 0 Å². The fraction of sp³-hybridized carbons (Fsp3) is 0.0455. The van der Waals surface area contributed by atoms with Crippen LogP contribution in [0.15, 0.2) is 77.7 Å². The van der Waals surface area contributed by atoms with Crippen LogP contribution in [0, 0.1) is 0 Å². The van der Waals surface area contributed by atoms with Crippen LogP contribution in [0.5, 0.6) is 0 Å². The quantitative estimate of drug-likeness (QED) is 0.291. The first-order valence-electron chi connectivity index (χ1n) is 8.16. The van der Waals surface area contributed by atoms with E-state index in [4.69, 9.17) is 34.8 Å². The molecular formula is C22H15Cl3OS. The van der Waals surface area contributed by atoms with Crippen molar-refractivity contribution in [2.45, 2.75) is 5.75 Å². The maximum absolute atomic E-state index is 13.1. The second-order valence-corrected chi connectivity index (χ2v) is 8.08. The van der Waals surface area contributed by atoms with Gasteiger partial charge in [0.1, 0.15) is 0 Å². The van der Waals surface area contributed by atoms with E-state index in [1.807, 2.05) is 54.6 Å². The molecule has 0 saturated heterocycles. The molecule has 0 fully saturated rings. The minimum atomic E-state index is -0.102. The van der Waals surface area contributed by atoms with Crippen molar-refractivity contribution in [3.05, 3.63) is 109 Å². The first-order valence-corrected chi connectivity index (χ1v) is 10.3. The lowest BCUT2D eigenvalue weighted by atomic mass is 10.1. The van der Waals surface area contributed by atoms with Crippen molar-refractivity contribution in [1.82, 2.24) is 0 Å². The average Bonchev–Trinajstić information content (AvgIpc) is 2.68. The minimum Gasteiger partial charge on any atom is -0.288 e. The van der Waals surface area contributed by atoms with E-state index in [0.29, 0.717) is 31.3 Å². The van der Waals surface area contributed by atoms with Crippen LogP contribution in [0.2, 0.25) is 15.1 Å². The van der Waals surface area contributed by atoms with Gasteiger partial charge in [0.15, 0.2) is 0 Å². The molecule has 3 rings (SSSR count). The van der Waals surface area contributed by atoms with Gasteiger partial charge in [0, 0.05) is 21.4 Å². The van der Waals surface area contributed by atoms with Gasteiger partial charge in [0.25, 0.3) is 0 Å². The van der Waals surface area contributed by atoms with Crippen LogP contribution in [0.1, 0.15) is 21.5 Å². The summed E-state index contributed by atoms with van der Waals surface area (Å²) in [4.78, 5) is 13.7. The van der Waals surface area contributed by atoms with E-state index in [2.05, 4.69) is 0 Å². The Morgan fingerprint density at radius 1 is 0.815 bits per heavy atom. The van der Waals surface area contributed by atoms with E-state index < -0.39 is 0 Å². The molecule has 3 aromatic rings. The third-order valence-electron chi connectivity index (χ3n) is 3.82. The van der Waals surface area contributed by atoms with Crippen molar-refractivity contribution in [2.75, 3.05) is 0 Å². The van der Waals surface area contributed by atoms with Crippen molar-refractivity contribution in [1.29, 1.82) is 0 Å². The topological polar surface area (TPSA) is 17.1 Å². The second kappa shape index (κ2) is 9.48. The molecule has 0 atom stereocenters. The predicted molar refractivity (Wildman–Crippen MR) is 118 cm³/mol. The summed E-state index contributed by atoms with van der Waals surface area (Å²) >= 11 is 19.6. The number of allylic oxidation sites excluding steroid dienone is 1. The van der Waals surface area contributed by atoms with Gasteiger partial charge in [0.05, 0.1) is 9.93 Å². The number of ketones is 1. The van der Waals surface area contributed by atoms with Crippen LogP contribution in [-0.2, 0) is 5.75 Å². The molecule has 0 bridgehead atoms. The predicted octanol–water partition coefficient (Wildman–Crippen LogP) is 7.80. The number of carbonyl (C=O) groups excluding carboxylic acids is 1. The number of hydrogen-bond donors (Lipinski definition) is 0. The Labute approximate surface area is 178 Å². The summed E-state index contributed by atoms with van der Waals surface area (Å²) in [6.45, 7) is 0. The van der Waals surface area contributed by atoms with Crippen LogP contribution in [0.3, 0.4) is 0 Å². The maximum atomic E-state index is 13.1. The van der Waals surface area contributed by atoms with Crippen molar-refractivity contribution in [3.8, 4) is 0 Å². The van der Waals surface area contributed by atoms with Gasteiger partial charge in [-0.2, -0.15) is 0 Å². The second-order valence-electron chi connectivity index (χ2n) is 5.78. The number of carbonyl (C=O) groups is 1. The number of rotatable bonds is 6. The van der Waals surface area contributed by atoms with E-state index in [-0.39, 0.29) is 5.78 Å². The Balaban J connectivity index is 1.90. The van der Waals surface area contributed by atoms with Gasteiger partial charge in [0.2, 0.25) is 5.78 Å². The normalized spacial score (nSPS) is 11.4. The molecule has 0 aliphatic carbocycles. The lowest BCUT2D eigenvalue weighted by Gasteiger charge is -2.09. The van der Waals surface area contributed by atoms with Gasteiger partial charge in [-0.3, -0.25) is 4.79 Å².